The van der Waals surface area contributed by atoms with E-state index >= 15 is 0 Å². The van der Waals surface area contributed by atoms with Crippen LogP contribution in [0.4, 0.5) is 8.78 Å². The van der Waals surface area contributed by atoms with Gasteiger partial charge in [0.15, 0.2) is 0 Å². The Hall–Kier alpha value is -0.950. The molecule has 0 spiro atoms. The largest absolute Gasteiger partial charge is 0.463 e. The Balaban J connectivity index is 2.21. The van der Waals surface area contributed by atoms with Crippen molar-refractivity contribution in [2.45, 2.75) is 24.3 Å². The van der Waals surface area contributed by atoms with E-state index in [1.54, 1.807) is 12.2 Å². The van der Waals surface area contributed by atoms with E-state index in [2.05, 4.69) is 4.99 Å². The molecule has 2 unspecified atom stereocenters. The van der Waals surface area contributed by atoms with Crippen LogP contribution >= 0.6 is 11.8 Å². The molecule has 0 amide bonds. The van der Waals surface area contributed by atoms with E-state index in [-0.39, 0.29) is 11.7 Å². The summed E-state index contributed by atoms with van der Waals surface area (Å²) >= 11 is 0.888. The lowest BCUT2D eigenvalue weighted by atomic mass is 10.0. The molecule has 0 aromatic rings. The van der Waals surface area contributed by atoms with Crippen molar-refractivity contribution in [2.24, 2.45) is 4.99 Å². The van der Waals surface area contributed by atoms with Crippen molar-refractivity contribution in [1.29, 1.82) is 0 Å². The first-order chi connectivity index (χ1) is 8.03. The number of carbonyl (C=O) groups is 1. The summed E-state index contributed by atoms with van der Waals surface area (Å²) in [6, 6.07) is 0. The average Bonchev–Trinajstić information content (AvgIpc) is 2.66. The highest BCUT2D eigenvalue weighted by molar-refractivity contribution is 8.14. The van der Waals surface area contributed by atoms with Crippen LogP contribution in [0.5, 0.6) is 0 Å². The zero-order valence-corrected chi connectivity index (χ0v) is 9.88. The normalized spacial score (nSPS) is 31.3. The molecule has 0 saturated carbocycles. The van der Waals surface area contributed by atoms with Crippen molar-refractivity contribution in [3.8, 4) is 0 Å². The Bertz CT molecular complexity index is 386. The number of esters is 1. The lowest BCUT2D eigenvalue weighted by Gasteiger charge is -2.31. The van der Waals surface area contributed by atoms with Crippen LogP contribution < -0.4 is 0 Å². The lowest BCUT2D eigenvalue weighted by molar-refractivity contribution is -0.143. The highest BCUT2D eigenvalue weighted by atomic mass is 32.2. The van der Waals surface area contributed by atoms with E-state index < -0.39 is 23.4 Å². The van der Waals surface area contributed by atoms with Gasteiger partial charge in [0.05, 0.1) is 6.61 Å². The van der Waals surface area contributed by atoms with Gasteiger partial charge in [-0.05, 0) is 0 Å². The minimum absolute atomic E-state index is 0.0767. The minimum Gasteiger partial charge on any atom is -0.463 e. The fraction of sp³-hybridized carbons (Fsp3) is 0.600. The van der Waals surface area contributed by atoms with Gasteiger partial charge in [-0.15, -0.1) is 0 Å². The molecule has 0 N–H and O–H groups in total. The maximum absolute atomic E-state index is 12.6. The minimum atomic E-state index is -2.63. The van der Waals surface area contributed by atoms with Gasteiger partial charge in [-0.3, -0.25) is 9.79 Å². The van der Waals surface area contributed by atoms with Crippen LogP contribution in [0.25, 0.3) is 0 Å². The number of alkyl halides is 2. The van der Waals surface area contributed by atoms with Crippen molar-refractivity contribution in [1.82, 2.24) is 0 Å². The molecular weight excluding hydrogens is 252 g/mol. The first kappa shape index (κ1) is 12.5. The van der Waals surface area contributed by atoms with Crippen LogP contribution in [0.1, 0.15) is 6.92 Å². The number of aliphatic imine (C=N–C) groups is 1. The SMILES string of the molecule is CC(=O)OCC12C=CCOC1SC(C(F)F)=N2. The number of fused-ring (bicyclic) bond motifs is 1. The van der Waals surface area contributed by atoms with Gasteiger partial charge in [-0.1, -0.05) is 23.9 Å². The lowest BCUT2D eigenvalue weighted by Crippen LogP contribution is -2.43. The number of ether oxygens (including phenoxy) is 2. The molecule has 0 aliphatic carbocycles. The molecule has 94 valence electrons. The Morgan fingerprint density at radius 3 is 3.24 bits per heavy atom. The third-order valence-electron chi connectivity index (χ3n) is 2.40. The predicted molar refractivity (Wildman–Crippen MR) is 59.3 cm³/mol. The van der Waals surface area contributed by atoms with Gasteiger partial charge in [0.25, 0.3) is 6.43 Å². The number of thioether (sulfide) groups is 1. The molecule has 0 radical (unpaired) electrons. The maximum Gasteiger partial charge on any atom is 0.302 e. The molecular formula is C10H11F2NO3S. The Morgan fingerprint density at radius 1 is 1.82 bits per heavy atom. The number of carbonyl (C=O) groups excluding carboxylic acids is 1. The van der Waals surface area contributed by atoms with Crippen molar-refractivity contribution < 1.29 is 23.0 Å². The highest BCUT2D eigenvalue weighted by Crippen LogP contribution is 2.41. The number of rotatable bonds is 3. The standard InChI is InChI=1S/C10H11F2NO3S/c1-6(14)16-5-10-3-2-4-15-9(10)17-8(13-10)7(11)12/h2-3,7,9H,4-5H2,1H3. The van der Waals surface area contributed by atoms with Gasteiger partial charge in [0.2, 0.25) is 0 Å². The molecule has 2 rings (SSSR count). The zero-order chi connectivity index (χ0) is 12.5. The Kier molecular flexibility index (Phi) is 3.48. The fourth-order valence-corrected chi connectivity index (χ4v) is 2.75. The van der Waals surface area contributed by atoms with Crippen LogP contribution in [0, 0.1) is 0 Å². The van der Waals surface area contributed by atoms with E-state index in [0.717, 1.165) is 11.8 Å². The monoisotopic (exact) mass is 263 g/mol. The number of nitrogens with zero attached hydrogens (tertiary/aromatic N) is 1. The third kappa shape index (κ3) is 2.50. The summed E-state index contributed by atoms with van der Waals surface area (Å²) in [4.78, 5) is 14.8. The molecule has 0 aromatic heterocycles. The summed E-state index contributed by atoms with van der Waals surface area (Å²) in [5.74, 6) is -0.470. The molecule has 4 nitrogen and oxygen atoms in total. The Labute approximate surface area is 101 Å². The van der Waals surface area contributed by atoms with Gasteiger partial charge in [-0.25, -0.2) is 8.78 Å². The van der Waals surface area contributed by atoms with Crippen LogP contribution in [0.15, 0.2) is 17.1 Å². The van der Waals surface area contributed by atoms with Gasteiger partial charge < -0.3 is 9.47 Å². The van der Waals surface area contributed by atoms with Crippen molar-refractivity contribution >= 4 is 22.8 Å². The first-order valence-electron chi connectivity index (χ1n) is 5.01. The van der Waals surface area contributed by atoms with E-state index in [1.165, 1.54) is 6.92 Å². The molecule has 2 heterocycles. The second-order valence-electron chi connectivity index (χ2n) is 3.71. The van der Waals surface area contributed by atoms with Crippen LogP contribution in [0.2, 0.25) is 0 Å². The molecule has 2 aliphatic heterocycles. The second kappa shape index (κ2) is 4.73. The summed E-state index contributed by atoms with van der Waals surface area (Å²) in [6.07, 6.45) is 0.738. The highest BCUT2D eigenvalue weighted by Gasteiger charge is 2.48. The topological polar surface area (TPSA) is 47.9 Å². The number of halogens is 2. The molecule has 0 fully saturated rings. The molecule has 2 atom stereocenters. The van der Waals surface area contributed by atoms with E-state index in [1.807, 2.05) is 0 Å². The van der Waals surface area contributed by atoms with Gasteiger partial charge in [-0.2, -0.15) is 0 Å². The molecule has 0 bridgehead atoms. The smallest absolute Gasteiger partial charge is 0.302 e. The quantitative estimate of drug-likeness (QED) is 0.573. The molecule has 0 saturated heterocycles. The van der Waals surface area contributed by atoms with Crippen molar-refractivity contribution in [3.05, 3.63) is 12.2 Å². The van der Waals surface area contributed by atoms with Crippen molar-refractivity contribution in [3.63, 3.8) is 0 Å². The van der Waals surface area contributed by atoms with E-state index in [9.17, 15) is 13.6 Å². The van der Waals surface area contributed by atoms with Gasteiger partial charge in [0.1, 0.15) is 22.6 Å². The summed E-state index contributed by atoms with van der Waals surface area (Å²) in [7, 11) is 0. The summed E-state index contributed by atoms with van der Waals surface area (Å²) in [6.45, 7) is 1.54. The number of hydrogen-bond donors (Lipinski definition) is 0. The third-order valence-corrected chi connectivity index (χ3v) is 3.67. The van der Waals surface area contributed by atoms with Gasteiger partial charge >= 0.3 is 5.97 Å². The summed E-state index contributed by atoms with van der Waals surface area (Å²) in [5.41, 5.74) is -1.55. The predicted octanol–water partition coefficient (Wildman–Crippen LogP) is 1.61. The molecule has 17 heavy (non-hydrogen) atoms. The molecule has 2 aliphatic rings. The first-order valence-corrected chi connectivity index (χ1v) is 5.89. The molecule has 7 heteroatoms. The maximum atomic E-state index is 12.6. The van der Waals surface area contributed by atoms with Crippen molar-refractivity contribution in [2.75, 3.05) is 13.2 Å². The van der Waals surface area contributed by atoms with Gasteiger partial charge in [0, 0.05) is 6.92 Å². The van der Waals surface area contributed by atoms with Crippen LogP contribution in [-0.4, -0.2) is 41.6 Å². The van der Waals surface area contributed by atoms with Crippen LogP contribution in [0.3, 0.4) is 0 Å². The summed E-state index contributed by atoms with van der Waals surface area (Å²) < 4.78 is 35.5. The summed E-state index contributed by atoms with van der Waals surface area (Å²) in [5, 5.41) is -0.270. The fourth-order valence-electron chi connectivity index (χ4n) is 1.65. The average molecular weight is 263 g/mol. The Morgan fingerprint density at radius 2 is 2.59 bits per heavy atom. The second-order valence-corrected chi connectivity index (χ2v) is 4.79. The number of hydrogen-bond acceptors (Lipinski definition) is 5. The van der Waals surface area contributed by atoms with E-state index in [4.69, 9.17) is 9.47 Å². The molecule has 0 aromatic carbocycles. The van der Waals surface area contributed by atoms with E-state index in [0.29, 0.717) is 6.61 Å². The zero-order valence-electron chi connectivity index (χ0n) is 9.06. The van der Waals surface area contributed by atoms with Crippen LogP contribution in [-0.2, 0) is 14.3 Å².